The van der Waals surface area contributed by atoms with Crippen LogP contribution >= 0.6 is 0 Å². The van der Waals surface area contributed by atoms with Gasteiger partial charge in [0, 0.05) is 31.7 Å². The minimum absolute atomic E-state index is 0.0938. The van der Waals surface area contributed by atoms with Gasteiger partial charge < -0.3 is 15.4 Å². The zero-order valence-electron chi connectivity index (χ0n) is 13.5. The molecule has 2 N–H and O–H groups in total. The molecule has 5 heteroatoms. The molecule has 1 aromatic rings. The summed E-state index contributed by atoms with van der Waals surface area (Å²) in [6.07, 6.45) is 0.851. The molecule has 0 aliphatic carbocycles. The van der Waals surface area contributed by atoms with Crippen LogP contribution in [0, 0.1) is 0 Å². The number of urea groups is 1. The number of nitrogens with zero attached hydrogens (tertiary/aromatic N) is 1. The molecule has 0 aromatic heterocycles. The van der Waals surface area contributed by atoms with Gasteiger partial charge in [0.25, 0.3) is 0 Å². The monoisotopic (exact) mass is 305 g/mol. The highest BCUT2D eigenvalue weighted by Crippen LogP contribution is 2.09. The second kappa shape index (κ2) is 8.76. The third-order valence-corrected chi connectivity index (χ3v) is 4.09. The highest BCUT2D eigenvalue weighted by Gasteiger charge is 2.23. The van der Waals surface area contributed by atoms with E-state index in [2.05, 4.69) is 41.5 Å². The molecule has 22 heavy (non-hydrogen) atoms. The van der Waals surface area contributed by atoms with E-state index in [0.29, 0.717) is 25.2 Å². The summed E-state index contributed by atoms with van der Waals surface area (Å²) in [7, 11) is 0. The lowest BCUT2D eigenvalue weighted by Crippen LogP contribution is -2.52. The van der Waals surface area contributed by atoms with E-state index in [9.17, 15) is 4.79 Å². The first kappa shape index (κ1) is 16.8. The Morgan fingerprint density at radius 1 is 1.36 bits per heavy atom. The standard InChI is InChI=1S/C17H27N3O2/c1-14(20-10-11-22-13-15(20)2)12-19-17(21)18-9-8-16-6-4-3-5-7-16/h3-7,14-15H,8-13H2,1-2H3,(H2,18,19,21)/t14-,15-/m1/s1. The lowest BCUT2D eigenvalue weighted by Gasteiger charge is -2.37. The van der Waals surface area contributed by atoms with Gasteiger partial charge in [-0.3, -0.25) is 4.90 Å². The van der Waals surface area contributed by atoms with Gasteiger partial charge in [-0.25, -0.2) is 4.79 Å². The summed E-state index contributed by atoms with van der Waals surface area (Å²) in [6.45, 7) is 8.09. The average molecular weight is 305 g/mol. The number of rotatable bonds is 6. The van der Waals surface area contributed by atoms with Crippen molar-refractivity contribution < 1.29 is 9.53 Å². The van der Waals surface area contributed by atoms with E-state index in [0.717, 1.165) is 26.2 Å². The number of hydrogen-bond acceptors (Lipinski definition) is 3. The van der Waals surface area contributed by atoms with Crippen molar-refractivity contribution >= 4 is 6.03 Å². The lowest BCUT2D eigenvalue weighted by atomic mass is 10.1. The fourth-order valence-electron chi connectivity index (χ4n) is 2.78. The molecule has 2 amide bonds. The van der Waals surface area contributed by atoms with Crippen molar-refractivity contribution in [3.8, 4) is 0 Å². The molecular weight excluding hydrogens is 278 g/mol. The van der Waals surface area contributed by atoms with E-state index in [1.807, 2.05) is 18.2 Å². The Bertz CT molecular complexity index is 452. The molecule has 1 aliphatic heterocycles. The highest BCUT2D eigenvalue weighted by molar-refractivity contribution is 5.73. The highest BCUT2D eigenvalue weighted by atomic mass is 16.5. The van der Waals surface area contributed by atoms with E-state index < -0.39 is 0 Å². The number of benzene rings is 1. The molecule has 0 spiro atoms. The van der Waals surface area contributed by atoms with Crippen LogP contribution in [-0.4, -0.2) is 55.9 Å². The van der Waals surface area contributed by atoms with Gasteiger partial charge in [0.1, 0.15) is 0 Å². The molecule has 2 atom stereocenters. The average Bonchev–Trinajstić information content (AvgIpc) is 2.54. The normalized spacial score (nSPS) is 20.4. The summed E-state index contributed by atoms with van der Waals surface area (Å²) in [5, 5.41) is 5.86. The summed E-state index contributed by atoms with van der Waals surface area (Å²) < 4.78 is 5.44. The third-order valence-electron chi connectivity index (χ3n) is 4.09. The van der Waals surface area contributed by atoms with Crippen molar-refractivity contribution in [3.05, 3.63) is 35.9 Å². The molecule has 1 fully saturated rings. The fourth-order valence-corrected chi connectivity index (χ4v) is 2.78. The van der Waals surface area contributed by atoms with Crippen molar-refractivity contribution in [2.24, 2.45) is 0 Å². The van der Waals surface area contributed by atoms with Gasteiger partial charge in [0.05, 0.1) is 13.2 Å². The quantitative estimate of drug-likeness (QED) is 0.840. The Morgan fingerprint density at radius 3 is 2.86 bits per heavy atom. The Kier molecular flexibility index (Phi) is 6.68. The van der Waals surface area contributed by atoms with Crippen LogP contribution in [0.2, 0.25) is 0 Å². The van der Waals surface area contributed by atoms with Crippen molar-refractivity contribution in [1.82, 2.24) is 15.5 Å². The van der Waals surface area contributed by atoms with Crippen LogP contribution in [0.25, 0.3) is 0 Å². The van der Waals surface area contributed by atoms with Crippen LogP contribution in [0.5, 0.6) is 0 Å². The fraction of sp³-hybridized carbons (Fsp3) is 0.588. The zero-order chi connectivity index (χ0) is 15.8. The molecule has 0 bridgehead atoms. The predicted molar refractivity (Wildman–Crippen MR) is 88.0 cm³/mol. The van der Waals surface area contributed by atoms with Crippen molar-refractivity contribution in [2.45, 2.75) is 32.4 Å². The van der Waals surface area contributed by atoms with Crippen LogP contribution in [0.1, 0.15) is 19.4 Å². The minimum atomic E-state index is -0.0938. The number of carbonyl (C=O) groups is 1. The number of morpholine rings is 1. The Labute approximate surface area is 133 Å². The molecule has 1 aromatic carbocycles. The largest absolute Gasteiger partial charge is 0.379 e. The number of nitrogens with one attached hydrogen (secondary N) is 2. The second-order valence-corrected chi connectivity index (χ2v) is 5.88. The SMILES string of the molecule is C[C@H](CNC(=O)NCCc1ccccc1)N1CCOC[C@H]1C. The molecule has 0 unspecified atom stereocenters. The van der Waals surface area contributed by atoms with Crippen molar-refractivity contribution in [2.75, 3.05) is 32.8 Å². The molecule has 0 saturated carbocycles. The Hall–Kier alpha value is -1.59. The van der Waals surface area contributed by atoms with Crippen LogP contribution in [0.4, 0.5) is 4.79 Å². The van der Waals surface area contributed by atoms with E-state index in [1.165, 1.54) is 5.56 Å². The molecular formula is C17H27N3O2. The van der Waals surface area contributed by atoms with Crippen molar-refractivity contribution in [3.63, 3.8) is 0 Å². The van der Waals surface area contributed by atoms with Gasteiger partial charge in [-0.15, -0.1) is 0 Å². The summed E-state index contributed by atoms with van der Waals surface area (Å²) in [6, 6.07) is 10.8. The molecule has 122 valence electrons. The molecule has 0 radical (unpaired) electrons. The smallest absolute Gasteiger partial charge is 0.314 e. The first-order valence-electron chi connectivity index (χ1n) is 8.06. The first-order valence-corrected chi connectivity index (χ1v) is 8.06. The number of ether oxygens (including phenoxy) is 1. The summed E-state index contributed by atoms with van der Waals surface area (Å²) in [4.78, 5) is 14.2. The summed E-state index contributed by atoms with van der Waals surface area (Å²) >= 11 is 0. The first-order chi connectivity index (χ1) is 10.7. The van der Waals surface area contributed by atoms with Gasteiger partial charge in [-0.2, -0.15) is 0 Å². The Balaban J connectivity index is 1.62. The van der Waals surface area contributed by atoms with Crippen LogP contribution in [-0.2, 0) is 11.2 Å². The third kappa shape index (κ3) is 5.31. The minimum Gasteiger partial charge on any atom is -0.379 e. The maximum absolute atomic E-state index is 11.8. The van der Waals surface area contributed by atoms with Gasteiger partial charge in [-0.1, -0.05) is 30.3 Å². The molecule has 1 aliphatic rings. The van der Waals surface area contributed by atoms with Gasteiger partial charge in [0.15, 0.2) is 0 Å². The van der Waals surface area contributed by atoms with Crippen LogP contribution in [0.3, 0.4) is 0 Å². The van der Waals surface area contributed by atoms with Crippen LogP contribution in [0.15, 0.2) is 30.3 Å². The number of amides is 2. The van der Waals surface area contributed by atoms with E-state index >= 15 is 0 Å². The van der Waals surface area contributed by atoms with Crippen LogP contribution < -0.4 is 10.6 Å². The van der Waals surface area contributed by atoms with Crippen molar-refractivity contribution in [1.29, 1.82) is 0 Å². The summed E-state index contributed by atoms with van der Waals surface area (Å²) in [5.41, 5.74) is 1.23. The lowest BCUT2D eigenvalue weighted by molar-refractivity contribution is -0.0176. The molecule has 5 nitrogen and oxygen atoms in total. The molecule has 1 heterocycles. The summed E-state index contributed by atoms with van der Waals surface area (Å²) in [5.74, 6) is 0. The zero-order valence-corrected chi connectivity index (χ0v) is 13.5. The number of hydrogen-bond donors (Lipinski definition) is 2. The molecule has 1 saturated heterocycles. The number of carbonyl (C=O) groups excluding carboxylic acids is 1. The van der Waals surface area contributed by atoms with E-state index in [-0.39, 0.29) is 6.03 Å². The van der Waals surface area contributed by atoms with Gasteiger partial charge in [-0.05, 0) is 25.8 Å². The predicted octanol–water partition coefficient (Wildman–Crippen LogP) is 1.64. The van der Waals surface area contributed by atoms with E-state index in [4.69, 9.17) is 4.74 Å². The second-order valence-electron chi connectivity index (χ2n) is 5.88. The maximum Gasteiger partial charge on any atom is 0.314 e. The van der Waals surface area contributed by atoms with Gasteiger partial charge in [0.2, 0.25) is 0 Å². The topological polar surface area (TPSA) is 53.6 Å². The maximum atomic E-state index is 11.8. The Morgan fingerprint density at radius 2 is 2.14 bits per heavy atom. The van der Waals surface area contributed by atoms with Gasteiger partial charge >= 0.3 is 6.03 Å². The molecule has 2 rings (SSSR count). The van der Waals surface area contributed by atoms with E-state index in [1.54, 1.807) is 0 Å².